The van der Waals surface area contributed by atoms with Crippen molar-refractivity contribution >= 4 is 44.6 Å². The predicted molar refractivity (Wildman–Crippen MR) is 199 cm³/mol. The zero-order valence-corrected chi connectivity index (χ0v) is 31.1. The van der Waals surface area contributed by atoms with Gasteiger partial charge in [0.15, 0.2) is 0 Å². The average molecular weight is 783 g/mol. The van der Waals surface area contributed by atoms with Gasteiger partial charge in [0.25, 0.3) is 5.91 Å². The van der Waals surface area contributed by atoms with E-state index in [4.69, 9.17) is 9.90 Å². The number of pyridine rings is 1. The van der Waals surface area contributed by atoms with Gasteiger partial charge in [-0.15, -0.1) is 0 Å². The number of nitrogens with one attached hydrogen (secondary N) is 3. The first kappa shape index (κ1) is 41.9. The fraction of sp³-hybridized carbons (Fsp3) is 0.289. The summed E-state index contributed by atoms with van der Waals surface area (Å²) in [6, 6.07) is 20.2. The molecule has 13 nitrogen and oxygen atoms in total. The third-order valence-electron chi connectivity index (χ3n) is 8.55. The number of alkyl halides is 3. The van der Waals surface area contributed by atoms with Crippen LogP contribution in [-0.2, 0) is 32.6 Å². The second kappa shape index (κ2) is 18.0. The van der Waals surface area contributed by atoms with E-state index in [0.717, 1.165) is 22.9 Å². The zero-order valence-electron chi connectivity index (χ0n) is 30.3. The third kappa shape index (κ3) is 11.1. The number of aryl methyl sites for hydroxylation is 5. The van der Waals surface area contributed by atoms with Gasteiger partial charge in [-0.25, -0.2) is 18.2 Å². The monoisotopic (exact) mass is 782 g/mol. The van der Waals surface area contributed by atoms with Crippen LogP contribution in [0.1, 0.15) is 46.0 Å². The van der Waals surface area contributed by atoms with Crippen LogP contribution in [0.25, 0.3) is 10.9 Å². The van der Waals surface area contributed by atoms with Gasteiger partial charge in [0, 0.05) is 29.7 Å². The molecular formula is C38H41F3N6O7S. The van der Waals surface area contributed by atoms with E-state index in [-0.39, 0.29) is 10.5 Å². The molecule has 0 aliphatic rings. The quantitative estimate of drug-likeness (QED) is 0.0940. The molecule has 0 spiro atoms. The molecule has 0 saturated carbocycles. The number of anilines is 1. The van der Waals surface area contributed by atoms with Crippen LogP contribution in [0.2, 0.25) is 0 Å². The summed E-state index contributed by atoms with van der Waals surface area (Å²) in [7, 11) is -4.33. The number of fused-ring (bicyclic) bond motifs is 1. The van der Waals surface area contributed by atoms with Gasteiger partial charge in [-0.2, -0.15) is 23.0 Å². The highest BCUT2D eigenvalue weighted by Gasteiger charge is 2.40. The van der Waals surface area contributed by atoms with Gasteiger partial charge >= 0.3 is 18.1 Å². The van der Waals surface area contributed by atoms with E-state index in [0.29, 0.717) is 29.9 Å². The molecule has 3 atom stereocenters. The summed E-state index contributed by atoms with van der Waals surface area (Å²) in [6.45, 7) is 7.66. The van der Waals surface area contributed by atoms with Gasteiger partial charge in [0.2, 0.25) is 10.0 Å². The number of benzene rings is 3. The smallest absolute Gasteiger partial charge is 0.480 e. The molecule has 17 heteroatoms. The largest absolute Gasteiger partial charge is 0.490 e. The molecule has 5 aromatic rings. The lowest BCUT2D eigenvalue weighted by atomic mass is 9.97. The van der Waals surface area contributed by atoms with Crippen molar-refractivity contribution in [1.29, 1.82) is 0 Å². The van der Waals surface area contributed by atoms with Crippen LogP contribution < -0.4 is 15.4 Å². The lowest BCUT2D eigenvalue weighted by molar-refractivity contribution is -0.192. The van der Waals surface area contributed by atoms with Crippen molar-refractivity contribution in [2.24, 2.45) is 0 Å². The minimum atomic E-state index is -5.08. The lowest BCUT2D eigenvalue weighted by Gasteiger charge is -2.33. The Hall–Kier alpha value is -5.81. The first-order valence-electron chi connectivity index (χ1n) is 17.0. The summed E-state index contributed by atoms with van der Waals surface area (Å²) in [6.07, 6.45) is -0.690. The summed E-state index contributed by atoms with van der Waals surface area (Å²) < 4.78 is 63.6. The van der Waals surface area contributed by atoms with Crippen molar-refractivity contribution in [3.63, 3.8) is 0 Å². The summed E-state index contributed by atoms with van der Waals surface area (Å²) in [4.78, 5) is 39.9. The number of rotatable bonds is 14. The molecule has 0 aliphatic carbocycles. The Morgan fingerprint density at radius 3 is 2.11 bits per heavy atom. The molecule has 2 aromatic heterocycles. The van der Waals surface area contributed by atoms with Gasteiger partial charge in [-0.1, -0.05) is 61.0 Å². The number of carbonyl (C=O) groups is 3. The van der Waals surface area contributed by atoms with Crippen LogP contribution in [0.5, 0.6) is 0 Å². The van der Waals surface area contributed by atoms with Crippen LogP contribution in [0.15, 0.2) is 96.2 Å². The molecule has 3 unspecified atom stereocenters. The maximum Gasteiger partial charge on any atom is 0.490 e. The van der Waals surface area contributed by atoms with Gasteiger partial charge < -0.3 is 20.8 Å². The molecule has 292 valence electrons. The number of nitrogens with zero attached hydrogens (tertiary/aromatic N) is 3. The predicted octanol–water partition coefficient (Wildman–Crippen LogP) is 5.65. The van der Waals surface area contributed by atoms with Crippen LogP contribution in [0.3, 0.4) is 0 Å². The number of amides is 1. The Balaban J connectivity index is 0.000000876. The molecule has 2 heterocycles. The maximum absolute atomic E-state index is 13.8. The summed E-state index contributed by atoms with van der Waals surface area (Å²) in [5.74, 6) is -4.31. The van der Waals surface area contributed by atoms with Crippen molar-refractivity contribution in [3.05, 3.63) is 119 Å². The molecular weight excluding hydrogens is 742 g/mol. The molecule has 0 radical (unpaired) electrons. The Kier molecular flexibility index (Phi) is 13.7. The minimum absolute atomic E-state index is 0.00453. The molecule has 0 saturated heterocycles. The van der Waals surface area contributed by atoms with Crippen molar-refractivity contribution < 1.29 is 46.2 Å². The second-order valence-electron chi connectivity index (χ2n) is 12.7. The molecule has 0 fully saturated rings. The van der Waals surface area contributed by atoms with E-state index in [9.17, 15) is 36.3 Å². The Morgan fingerprint density at radius 2 is 1.55 bits per heavy atom. The van der Waals surface area contributed by atoms with E-state index in [2.05, 4.69) is 37.6 Å². The number of carbonyl (C=O) groups excluding carboxylic acids is 1. The normalized spacial score (nSPS) is 13.2. The van der Waals surface area contributed by atoms with E-state index >= 15 is 0 Å². The number of aliphatic carboxylic acids is 2. The van der Waals surface area contributed by atoms with Crippen LogP contribution in [-0.4, -0.2) is 75.5 Å². The van der Waals surface area contributed by atoms with Gasteiger partial charge in [0.05, 0.1) is 22.7 Å². The standard InChI is InChI=1S/C36H40N6O5S.C2HF3O2/c1-5-29(39-31-13-9-10-17-37-31)32(33(36(44)45)41-48(46,47)34-24(3)19-23(2)20-25(34)4)40-35(43)27-14-15-30-28(21-27)22-38-42(30)18-16-26-11-7-6-8-12-26;3-2(4,5)1(6)7/h6-15,17,19-22,29,32-33,41H,5,16,18H2,1-4H3,(H,37,39)(H,40,43)(H,44,45);(H,6,7). The first-order chi connectivity index (χ1) is 25.9. The highest BCUT2D eigenvalue weighted by Crippen LogP contribution is 2.24. The average Bonchev–Trinajstić information content (AvgIpc) is 3.53. The molecule has 3 aromatic carbocycles. The molecule has 55 heavy (non-hydrogen) atoms. The first-order valence-corrected chi connectivity index (χ1v) is 18.5. The van der Waals surface area contributed by atoms with E-state index in [1.165, 1.54) is 5.56 Å². The Labute approximate surface area is 315 Å². The highest BCUT2D eigenvalue weighted by molar-refractivity contribution is 7.89. The number of halogens is 3. The zero-order chi connectivity index (χ0) is 40.5. The topological polar surface area (TPSA) is 193 Å². The lowest BCUT2D eigenvalue weighted by Crippen LogP contribution is -2.61. The third-order valence-corrected chi connectivity index (χ3v) is 10.3. The van der Waals surface area contributed by atoms with Crippen molar-refractivity contribution in [2.75, 3.05) is 5.32 Å². The number of carboxylic acids is 2. The van der Waals surface area contributed by atoms with Crippen molar-refractivity contribution in [3.8, 4) is 0 Å². The highest BCUT2D eigenvalue weighted by atomic mass is 32.2. The number of aromatic nitrogens is 3. The molecule has 5 N–H and O–H groups in total. The Bertz CT molecular complexity index is 2210. The van der Waals surface area contributed by atoms with Crippen molar-refractivity contribution in [2.45, 2.75) is 76.3 Å². The minimum Gasteiger partial charge on any atom is -0.480 e. The molecule has 0 aliphatic heterocycles. The maximum atomic E-state index is 13.8. The van der Waals surface area contributed by atoms with E-state index in [1.54, 1.807) is 74.8 Å². The number of carboxylic acid groups (broad SMARTS) is 2. The summed E-state index contributed by atoms with van der Waals surface area (Å²) >= 11 is 0. The number of hydrogen-bond donors (Lipinski definition) is 5. The SMILES string of the molecule is CCC(Nc1ccccn1)C(NC(=O)c1ccc2c(cnn2CCc2ccccc2)c1)C(NS(=O)(=O)c1c(C)cc(C)cc1C)C(=O)O.O=C(O)C(F)(F)F. The van der Waals surface area contributed by atoms with Gasteiger partial charge in [-0.05, 0) is 80.6 Å². The van der Waals surface area contributed by atoms with Crippen LogP contribution in [0, 0.1) is 20.8 Å². The fourth-order valence-corrected chi connectivity index (χ4v) is 7.78. The molecule has 0 bridgehead atoms. The molecule has 1 amide bonds. The second-order valence-corrected chi connectivity index (χ2v) is 14.4. The van der Waals surface area contributed by atoms with Gasteiger partial charge in [-0.3, -0.25) is 14.3 Å². The summed E-state index contributed by atoms with van der Waals surface area (Å²) in [5.41, 5.74) is 4.17. The van der Waals surface area contributed by atoms with Crippen LogP contribution in [0.4, 0.5) is 19.0 Å². The van der Waals surface area contributed by atoms with Gasteiger partial charge in [0.1, 0.15) is 11.9 Å². The van der Waals surface area contributed by atoms with E-state index in [1.807, 2.05) is 36.7 Å². The fourth-order valence-electron chi connectivity index (χ4n) is 6.12. The number of hydrogen-bond acceptors (Lipinski definition) is 8. The Morgan fingerprint density at radius 1 is 0.909 bits per heavy atom. The van der Waals surface area contributed by atoms with Crippen LogP contribution >= 0.6 is 0 Å². The summed E-state index contributed by atoms with van der Waals surface area (Å²) in [5, 5.41) is 28.9. The number of sulfonamides is 1. The van der Waals surface area contributed by atoms with Crippen molar-refractivity contribution in [1.82, 2.24) is 24.8 Å². The molecule has 5 rings (SSSR count). The van der Waals surface area contributed by atoms with E-state index < -0.39 is 52.2 Å².